The number of aryl methyl sites for hydroxylation is 1. The highest BCUT2D eigenvalue weighted by atomic mass is 32.2. The summed E-state index contributed by atoms with van der Waals surface area (Å²) in [5.41, 5.74) is 2.83. The second-order valence-electron chi connectivity index (χ2n) is 7.48. The number of furan rings is 1. The first-order valence-electron chi connectivity index (χ1n) is 10.6. The molecule has 7 nitrogen and oxygen atoms in total. The third kappa shape index (κ3) is 4.90. The van der Waals surface area contributed by atoms with Gasteiger partial charge in [-0.15, -0.1) is 10.2 Å². The molecule has 4 aromatic rings. The molecule has 1 amide bonds. The minimum Gasteiger partial charge on any atom is -0.469 e. The van der Waals surface area contributed by atoms with Crippen molar-refractivity contribution < 1.29 is 14.0 Å². The van der Waals surface area contributed by atoms with Crippen LogP contribution in [0.2, 0.25) is 0 Å². The number of nitrogens with one attached hydrogen (secondary N) is 1. The van der Waals surface area contributed by atoms with Crippen LogP contribution in [0.3, 0.4) is 0 Å². The Labute approximate surface area is 196 Å². The maximum atomic E-state index is 13.4. The summed E-state index contributed by atoms with van der Waals surface area (Å²) in [4.78, 5) is 25.1. The van der Waals surface area contributed by atoms with E-state index in [-0.39, 0.29) is 11.7 Å². The van der Waals surface area contributed by atoms with Crippen molar-refractivity contribution in [2.24, 2.45) is 0 Å². The summed E-state index contributed by atoms with van der Waals surface area (Å²) in [6.07, 6.45) is 1.63. The number of Topliss-reactive ketones (excluding diaryl/α,β-unsaturated/α-hetero) is 1. The van der Waals surface area contributed by atoms with Crippen LogP contribution < -0.4 is 5.32 Å². The van der Waals surface area contributed by atoms with Crippen LogP contribution in [0, 0.1) is 6.92 Å². The zero-order valence-corrected chi connectivity index (χ0v) is 19.4. The number of hydrogen-bond acceptors (Lipinski definition) is 6. The number of benzene rings is 2. The number of carbonyl (C=O) groups is 2. The van der Waals surface area contributed by atoms with E-state index in [1.165, 1.54) is 18.7 Å². The summed E-state index contributed by atoms with van der Waals surface area (Å²) in [5.74, 6) is 1.20. The number of hydrogen-bond donors (Lipinski definition) is 1. The van der Waals surface area contributed by atoms with Crippen LogP contribution in [0.4, 0.5) is 5.69 Å². The Morgan fingerprint density at radius 1 is 1.09 bits per heavy atom. The fourth-order valence-corrected chi connectivity index (χ4v) is 4.61. The molecule has 1 atom stereocenters. The van der Waals surface area contributed by atoms with Crippen molar-refractivity contribution in [1.82, 2.24) is 14.8 Å². The molecule has 0 aliphatic rings. The number of anilines is 1. The Morgan fingerprint density at radius 2 is 1.88 bits per heavy atom. The van der Waals surface area contributed by atoms with E-state index in [1.54, 1.807) is 30.5 Å². The number of ketones is 1. The van der Waals surface area contributed by atoms with Crippen LogP contribution in [-0.4, -0.2) is 26.5 Å². The second kappa shape index (κ2) is 9.87. The van der Waals surface area contributed by atoms with Gasteiger partial charge in [0.2, 0.25) is 5.91 Å². The third-order valence-corrected chi connectivity index (χ3v) is 6.47. The summed E-state index contributed by atoms with van der Waals surface area (Å²) >= 11 is 1.33. The predicted molar refractivity (Wildman–Crippen MR) is 128 cm³/mol. The Hall–Kier alpha value is -3.65. The van der Waals surface area contributed by atoms with Crippen molar-refractivity contribution >= 4 is 29.1 Å². The van der Waals surface area contributed by atoms with Crippen molar-refractivity contribution in [1.29, 1.82) is 0 Å². The van der Waals surface area contributed by atoms with Crippen molar-refractivity contribution in [3.8, 4) is 11.4 Å². The molecule has 2 heterocycles. The van der Waals surface area contributed by atoms with Gasteiger partial charge in [-0.05, 0) is 44.5 Å². The van der Waals surface area contributed by atoms with Crippen molar-refractivity contribution in [2.45, 2.75) is 37.7 Å². The van der Waals surface area contributed by atoms with E-state index in [0.29, 0.717) is 28.8 Å². The molecule has 2 aromatic carbocycles. The number of thioether (sulfide) groups is 1. The topological polar surface area (TPSA) is 90.0 Å². The molecule has 0 aliphatic carbocycles. The first-order valence-corrected chi connectivity index (χ1v) is 11.5. The minimum atomic E-state index is -0.569. The molecule has 0 spiro atoms. The highest BCUT2D eigenvalue weighted by molar-refractivity contribution is 8.00. The average Bonchev–Trinajstić information content (AvgIpc) is 3.43. The van der Waals surface area contributed by atoms with E-state index in [0.717, 1.165) is 16.9 Å². The largest absolute Gasteiger partial charge is 0.469 e. The van der Waals surface area contributed by atoms with Gasteiger partial charge in [-0.3, -0.25) is 9.59 Å². The highest BCUT2D eigenvalue weighted by Crippen LogP contribution is 2.37. The van der Waals surface area contributed by atoms with Gasteiger partial charge in [0.05, 0.1) is 11.8 Å². The summed E-state index contributed by atoms with van der Waals surface area (Å²) in [6.45, 7) is 6.03. The molecule has 1 unspecified atom stereocenters. The van der Waals surface area contributed by atoms with Gasteiger partial charge in [-0.1, -0.05) is 54.2 Å². The summed E-state index contributed by atoms with van der Waals surface area (Å²) in [7, 11) is 0. The molecule has 8 heteroatoms. The lowest BCUT2D eigenvalue weighted by Gasteiger charge is -2.17. The second-order valence-corrected chi connectivity index (χ2v) is 8.55. The van der Waals surface area contributed by atoms with E-state index in [2.05, 4.69) is 15.5 Å². The van der Waals surface area contributed by atoms with Gasteiger partial charge < -0.3 is 14.3 Å². The quantitative estimate of drug-likeness (QED) is 0.274. The van der Waals surface area contributed by atoms with Crippen LogP contribution >= 0.6 is 11.8 Å². The summed E-state index contributed by atoms with van der Waals surface area (Å²) < 4.78 is 7.41. The summed E-state index contributed by atoms with van der Waals surface area (Å²) in [6, 6.07) is 18.3. The number of amides is 1. The first kappa shape index (κ1) is 22.5. The first-order chi connectivity index (χ1) is 16.0. The molecular weight excluding hydrogens is 436 g/mol. The maximum Gasteiger partial charge on any atom is 0.242 e. The molecule has 0 fully saturated rings. The molecule has 0 aliphatic heterocycles. The molecule has 0 saturated heterocycles. The number of nitrogens with zero attached hydrogens (tertiary/aromatic N) is 3. The van der Waals surface area contributed by atoms with E-state index in [1.807, 2.05) is 54.8 Å². The molecule has 0 bridgehead atoms. The van der Waals surface area contributed by atoms with Crippen molar-refractivity contribution in [3.63, 3.8) is 0 Å². The van der Waals surface area contributed by atoms with E-state index in [9.17, 15) is 9.59 Å². The van der Waals surface area contributed by atoms with E-state index < -0.39 is 5.25 Å². The molecule has 4 rings (SSSR count). The van der Waals surface area contributed by atoms with Crippen LogP contribution in [0.15, 0.2) is 76.5 Å². The molecule has 0 saturated carbocycles. The zero-order valence-electron chi connectivity index (χ0n) is 18.6. The fourth-order valence-electron chi connectivity index (χ4n) is 3.51. The minimum absolute atomic E-state index is 0.0572. The molecule has 0 radical (unpaired) electrons. The Balaban J connectivity index is 1.66. The molecule has 168 valence electrons. The van der Waals surface area contributed by atoms with Crippen LogP contribution in [0.25, 0.3) is 11.4 Å². The zero-order chi connectivity index (χ0) is 23.4. The Kier molecular flexibility index (Phi) is 6.74. The van der Waals surface area contributed by atoms with Gasteiger partial charge in [0.25, 0.3) is 0 Å². The van der Waals surface area contributed by atoms with Gasteiger partial charge in [0.1, 0.15) is 11.0 Å². The van der Waals surface area contributed by atoms with Crippen LogP contribution in [-0.2, 0) is 11.3 Å². The lowest BCUT2D eigenvalue weighted by Crippen LogP contribution is -2.19. The molecular formula is C25H24N4O3S. The van der Waals surface area contributed by atoms with Gasteiger partial charge in [0.15, 0.2) is 16.8 Å². The number of carbonyl (C=O) groups excluding carboxylic acids is 2. The van der Waals surface area contributed by atoms with E-state index >= 15 is 0 Å². The maximum absolute atomic E-state index is 13.4. The van der Waals surface area contributed by atoms with Crippen molar-refractivity contribution in [2.75, 3.05) is 5.32 Å². The molecule has 1 N–H and O–H groups in total. The lowest BCUT2D eigenvalue weighted by atomic mass is 10.1. The smallest absolute Gasteiger partial charge is 0.242 e. The Morgan fingerprint density at radius 3 is 2.55 bits per heavy atom. The van der Waals surface area contributed by atoms with Crippen molar-refractivity contribution in [3.05, 3.63) is 83.8 Å². The molecule has 33 heavy (non-hydrogen) atoms. The van der Waals surface area contributed by atoms with Gasteiger partial charge in [0, 0.05) is 17.8 Å². The third-order valence-electron chi connectivity index (χ3n) is 5.23. The highest BCUT2D eigenvalue weighted by Gasteiger charge is 2.26. The lowest BCUT2D eigenvalue weighted by molar-refractivity contribution is -0.115. The number of aromatic nitrogens is 3. The van der Waals surface area contributed by atoms with Gasteiger partial charge >= 0.3 is 0 Å². The van der Waals surface area contributed by atoms with Gasteiger partial charge in [-0.2, -0.15) is 0 Å². The standard InChI is InChI=1S/C25H24N4O3S/c1-4-29-23(21-13-14-32-17(21)3)27-28-25(29)33-22(18-9-6-5-7-10-18)24(31)26-20-12-8-11-19(15-20)16(2)30/h5-15,22H,4H2,1-3H3,(H,26,31). The fraction of sp³-hybridized carbons (Fsp3) is 0.200. The van der Waals surface area contributed by atoms with Crippen LogP contribution in [0.5, 0.6) is 0 Å². The normalized spacial score (nSPS) is 11.8. The average molecular weight is 461 g/mol. The Bertz CT molecular complexity index is 1280. The van der Waals surface area contributed by atoms with Gasteiger partial charge in [-0.25, -0.2) is 0 Å². The van der Waals surface area contributed by atoms with E-state index in [4.69, 9.17) is 4.42 Å². The van der Waals surface area contributed by atoms with Crippen LogP contribution in [0.1, 0.15) is 40.8 Å². The molecule has 2 aromatic heterocycles. The monoisotopic (exact) mass is 460 g/mol. The SMILES string of the molecule is CCn1c(SC(C(=O)Nc2cccc(C(C)=O)c2)c2ccccc2)nnc1-c1ccoc1C. The summed E-state index contributed by atoms with van der Waals surface area (Å²) in [5, 5.41) is 11.8. The number of rotatable bonds is 8. The predicted octanol–water partition coefficient (Wildman–Crippen LogP) is 5.54.